The van der Waals surface area contributed by atoms with Crippen LogP contribution in [0, 0.1) is 0 Å². The van der Waals surface area contributed by atoms with Gasteiger partial charge in [0.2, 0.25) is 0 Å². The Bertz CT molecular complexity index is 1190. The summed E-state index contributed by atoms with van der Waals surface area (Å²) in [7, 11) is -2.26. The number of nitrogens with zero attached hydrogens (tertiary/aromatic N) is 3. The number of nitrogens with one attached hydrogen (secondary N) is 1. The number of para-hydroxylation sites is 2. The minimum absolute atomic E-state index is 0.0866. The summed E-state index contributed by atoms with van der Waals surface area (Å²) in [6.45, 7) is 5.03. The molecular formula is C26H30N4O3S. The second-order valence-corrected chi connectivity index (χ2v) is 10.2. The molecule has 0 aliphatic carbocycles. The summed E-state index contributed by atoms with van der Waals surface area (Å²) in [5, 5.41) is 2.93. The first-order valence-corrected chi connectivity index (χ1v) is 12.8. The predicted molar refractivity (Wildman–Crippen MR) is 136 cm³/mol. The molecule has 0 saturated carbocycles. The number of carbonyl (C=O) groups is 1. The molecule has 3 aromatic carbocycles. The van der Waals surface area contributed by atoms with Crippen LogP contribution in [0.5, 0.6) is 0 Å². The van der Waals surface area contributed by atoms with Crippen LogP contribution >= 0.6 is 0 Å². The first-order chi connectivity index (χ1) is 16.4. The van der Waals surface area contributed by atoms with Gasteiger partial charge in [-0.3, -0.25) is 14.0 Å². The number of amides is 1. The first kappa shape index (κ1) is 23.8. The number of carbonyl (C=O) groups excluding carboxylic acids is 1. The molecular weight excluding hydrogens is 448 g/mol. The van der Waals surface area contributed by atoms with Crippen molar-refractivity contribution in [1.29, 1.82) is 0 Å². The third-order valence-electron chi connectivity index (χ3n) is 6.08. The maximum atomic E-state index is 13.0. The molecule has 1 aliphatic heterocycles. The molecule has 1 amide bonds. The number of sulfonamides is 1. The van der Waals surface area contributed by atoms with Gasteiger partial charge in [-0.15, -0.1) is 0 Å². The van der Waals surface area contributed by atoms with Crippen LogP contribution in [-0.4, -0.2) is 65.5 Å². The van der Waals surface area contributed by atoms with E-state index < -0.39 is 10.0 Å². The SMILES string of the molecule is CN(c1ccccc1)S(=O)(=O)c1cccc(C(=O)NCCN2CCN(c3ccccc3)CC2)c1. The number of hydrogen-bond donors (Lipinski definition) is 1. The van der Waals surface area contributed by atoms with Gasteiger partial charge in [-0.25, -0.2) is 8.42 Å². The van der Waals surface area contributed by atoms with Gasteiger partial charge in [0.15, 0.2) is 0 Å². The lowest BCUT2D eigenvalue weighted by molar-refractivity contribution is 0.0947. The lowest BCUT2D eigenvalue weighted by Crippen LogP contribution is -2.48. The first-order valence-electron chi connectivity index (χ1n) is 11.4. The largest absolute Gasteiger partial charge is 0.369 e. The van der Waals surface area contributed by atoms with Crippen molar-refractivity contribution in [3.63, 3.8) is 0 Å². The van der Waals surface area contributed by atoms with Gasteiger partial charge in [0, 0.05) is 57.6 Å². The van der Waals surface area contributed by atoms with E-state index in [1.807, 2.05) is 12.1 Å². The number of benzene rings is 3. The summed E-state index contributed by atoms with van der Waals surface area (Å²) in [5.74, 6) is -0.276. The van der Waals surface area contributed by atoms with Crippen molar-refractivity contribution in [2.75, 3.05) is 55.5 Å². The van der Waals surface area contributed by atoms with Crippen molar-refractivity contribution in [2.24, 2.45) is 0 Å². The van der Waals surface area contributed by atoms with Crippen molar-refractivity contribution in [3.05, 3.63) is 90.5 Å². The van der Waals surface area contributed by atoms with Crippen LogP contribution in [0.2, 0.25) is 0 Å². The highest BCUT2D eigenvalue weighted by molar-refractivity contribution is 7.92. The molecule has 1 N–H and O–H groups in total. The van der Waals surface area contributed by atoms with Crippen LogP contribution in [-0.2, 0) is 10.0 Å². The summed E-state index contributed by atoms with van der Waals surface area (Å²) >= 11 is 0. The van der Waals surface area contributed by atoms with Gasteiger partial charge in [0.05, 0.1) is 10.6 Å². The number of anilines is 2. The lowest BCUT2D eigenvalue weighted by atomic mass is 10.2. The molecule has 0 spiro atoms. The minimum Gasteiger partial charge on any atom is -0.369 e. The molecule has 4 rings (SSSR count). The zero-order chi connectivity index (χ0) is 24.0. The molecule has 1 saturated heterocycles. The van der Waals surface area contributed by atoms with E-state index in [2.05, 4.69) is 39.4 Å². The molecule has 1 heterocycles. The molecule has 0 unspecified atom stereocenters. The predicted octanol–water partition coefficient (Wildman–Crippen LogP) is 3.06. The second-order valence-electron chi connectivity index (χ2n) is 8.26. The third kappa shape index (κ3) is 5.58. The summed E-state index contributed by atoms with van der Waals surface area (Å²) in [4.78, 5) is 17.5. The zero-order valence-electron chi connectivity index (χ0n) is 19.3. The van der Waals surface area contributed by atoms with Gasteiger partial charge in [-0.2, -0.15) is 0 Å². The molecule has 178 valence electrons. The quantitative estimate of drug-likeness (QED) is 0.539. The summed E-state index contributed by atoms with van der Waals surface area (Å²) in [5.41, 5.74) is 2.13. The summed E-state index contributed by atoms with van der Waals surface area (Å²) < 4.78 is 27.3. The van der Waals surface area contributed by atoms with Crippen LogP contribution in [0.15, 0.2) is 89.8 Å². The number of hydrogen-bond acceptors (Lipinski definition) is 5. The normalized spacial score (nSPS) is 14.6. The zero-order valence-corrected chi connectivity index (χ0v) is 20.1. The number of piperazine rings is 1. The Labute approximate surface area is 201 Å². The van der Waals surface area contributed by atoms with Gasteiger partial charge in [0.1, 0.15) is 0 Å². The van der Waals surface area contributed by atoms with E-state index in [-0.39, 0.29) is 10.8 Å². The molecule has 34 heavy (non-hydrogen) atoms. The van der Waals surface area contributed by atoms with E-state index in [0.717, 1.165) is 32.7 Å². The van der Waals surface area contributed by atoms with Crippen LogP contribution < -0.4 is 14.5 Å². The van der Waals surface area contributed by atoms with Crippen LogP contribution in [0.1, 0.15) is 10.4 Å². The van der Waals surface area contributed by atoms with Crippen molar-refractivity contribution in [2.45, 2.75) is 4.90 Å². The Kier molecular flexibility index (Phi) is 7.49. The van der Waals surface area contributed by atoms with Gasteiger partial charge in [-0.1, -0.05) is 42.5 Å². The molecule has 0 radical (unpaired) electrons. The van der Waals surface area contributed by atoms with Crippen molar-refractivity contribution < 1.29 is 13.2 Å². The Morgan fingerprint density at radius 1 is 0.882 bits per heavy atom. The monoisotopic (exact) mass is 478 g/mol. The fourth-order valence-corrected chi connectivity index (χ4v) is 5.27. The molecule has 7 nitrogen and oxygen atoms in total. The van der Waals surface area contributed by atoms with E-state index in [0.29, 0.717) is 17.8 Å². The smallest absolute Gasteiger partial charge is 0.264 e. The van der Waals surface area contributed by atoms with Crippen LogP contribution in [0.3, 0.4) is 0 Å². The molecule has 3 aromatic rings. The third-order valence-corrected chi connectivity index (χ3v) is 7.86. The van der Waals surface area contributed by atoms with Crippen molar-refractivity contribution >= 4 is 27.3 Å². The average Bonchev–Trinajstić information content (AvgIpc) is 2.89. The highest BCUT2D eigenvalue weighted by atomic mass is 32.2. The Morgan fingerprint density at radius 2 is 1.53 bits per heavy atom. The maximum absolute atomic E-state index is 13.0. The highest BCUT2D eigenvalue weighted by Gasteiger charge is 2.22. The van der Waals surface area contributed by atoms with E-state index in [4.69, 9.17) is 0 Å². The molecule has 0 atom stereocenters. The van der Waals surface area contributed by atoms with E-state index in [1.165, 1.54) is 29.2 Å². The molecule has 0 aromatic heterocycles. The van der Waals surface area contributed by atoms with Crippen molar-refractivity contribution in [1.82, 2.24) is 10.2 Å². The Morgan fingerprint density at radius 3 is 2.21 bits per heavy atom. The van der Waals surface area contributed by atoms with Gasteiger partial charge in [0.25, 0.3) is 15.9 Å². The fraction of sp³-hybridized carbons (Fsp3) is 0.269. The lowest BCUT2D eigenvalue weighted by Gasteiger charge is -2.36. The minimum atomic E-state index is -3.77. The Balaban J connectivity index is 1.30. The molecule has 1 aliphatic rings. The van der Waals surface area contributed by atoms with E-state index >= 15 is 0 Å². The maximum Gasteiger partial charge on any atom is 0.264 e. The Hall–Kier alpha value is -3.36. The fourth-order valence-electron chi connectivity index (χ4n) is 4.03. The molecule has 8 heteroatoms. The van der Waals surface area contributed by atoms with Gasteiger partial charge >= 0.3 is 0 Å². The average molecular weight is 479 g/mol. The van der Waals surface area contributed by atoms with Gasteiger partial charge in [-0.05, 0) is 42.5 Å². The van der Waals surface area contributed by atoms with Crippen LogP contribution in [0.25, 0.3) is 0 Å². The highest BCUT2D eigenvalue weighted by Crippen LogP contribution is 2.22. The van der Waals surface area contributed by atoms with Gasteiger partial charge < -0.3 is 10.2 Å². The van der Waals surface area contributed by atoms with E-state index in [1.54, 1.807) is 36.4 Å². The topological polar surface area (TPSA) is 73.0 Å². The van der Waals surface area contributed by atoms with Crippen molar-refractivity contribution in [3.8, 4) is 0 Å². The summed E-state index contributed by atoms with van der Waals surface area (Å²) in [6.07, 6.45) is 0. The molecule has 0 bridgehead atoms. The number of rotatable bonds is 8. The second kappa shape index (κ2) is 10.7. The molecule has 1 fully saturated rings. The standard InChI is InChI=1S/C26H30N4O3S/c1-28(23-10-4-2-5-11-23)34(32,33)25-14-8-9-22(21-25)26(31)27-15-16-29-17-19-30(20-18-29)24-12-6-3-7-13-24/h2-14,21H,15-20H2,1H3,(H,27,31). The van der Waals surface area contributed by atoms with E-state index in [9.17, 15) is 13.2 Å². The van der Waals surface area contributed by atoms with Crippen LogP contribution in [0.4, 0.5) is 11.4 Å². The summed E-state index contributed by atoms with van der Waals surface area (Å²) in [6, 6.07) is 25.4.